The lowest BCUT2D eigenvalue weighted by atomic mass is 9.87. The summed E-state index contributed by atoms with van der Waals surface area (Å²) in [6.07, 6.45) is -3.72. The van der Waals surface area contributed by atoms with Crippen molar-refractivity contribution in [3.8, 4) is 5.75 Å². The highest BCUT2D eigenvalue weighted by molar-refractivity contribution is 5.88. The van der Waals surface area contributed by atoms with E-state index in [0.717, 1.165) is 37.8 Å². The Morgan fingerprint density at radius 2 is 1.72 bits per heavy atom. The summed E-state index contributed by atoms with van der Waals surface area (Å²) >= 11 is 0. The van der Waals surface area contributed by atoms with Crippen molar-refractivity contribution in [2.45, 2.75) is 89.1 Å². The molecule has 2 aromatic carbocycles. The molecule has 2 aliphatic carbocycles. The van der Waals surface area contributed by atoms with Crippen LogP contribution in [0.25, 0.3) is 10.8 Å². The van der Waals surface area contributed by atoms with Crippen LogP contribution in [0.5, 0.6) is 5.75 Å². The van der Waals surface area contributed by atoms with Crippen LogP contribution in [-0.4, -0.2) is 42.8 Å². The van der Waals surface area contributed by atoms with Crippen molar-refractivity contribution in [3.63, 3.8) is 0 Å². The van der Waals surface area contributed by atoms with E-state index < -0.39 is 24.6 Å². The number of fused-ring (bicyclic) bond motifs is 3. The zero-order chi connectivity index (χ0) is 27.9. The second-order valence-corrected chi connectivity index (χ2v) is 11.6. The molecule has 0 N–H and O–H groups in total. The quantitative estimate of drug-likeness (QED) is 0.268. The Morgan fingerprint density at radius 3 is 2.38 bits per heavy atom. The van der Waals surface area contributed by atoms with E-state index >= 15 is 0 Å². The first-order valence-corrected chi connectivity index (χ1v) is 14.0. The second-order valence-electron chi connectivity index (χ2n) is 11.6. The van der Waals surface area contributed by atoms with Gasteiger partial charge in [-0.3, -0.25) is 9.69 Å². The topological polar surface area (TPSA) is 38.8 Å². The first-order valence-electron chi connectivity index (χ1n) is 14.0. The van der Waals surface area contributed by atoms with E-state index in [1.165, 1.54) is 13.2 Å². The first-order chi connectivity index (χ1) is 18.5. The number of esters is 1. The van der Waals surface area contributed by atoms with Crippen LogP contribution in [0.4, 0.5) is 22.0 Å². The number of nitrogens with zero attached hydrogens (tertiary/aromatic N) is 1. The van der Waals surface area contributed by atoms with E-state index in [2.05, 4.69) is 11.8 Å². The van der Waals surface area contributed by atoms with E-state index in [1.807, 2.05) is 18.2 Å². The third kappa shape index (κ3) is 5.88. The molecular weight excluding hydrogens is 517 g/mol. The Morgan fingerprint density at radius 1 is 1.00 bits per heavy atom. The summed E-state index contributed by atoms with van der Waals surface area (Å²) < 4.78 is 79.0. The highest BCUT2D eigenvalue weighted by Crippen LogP contribution is 2.44. The number of alkyl halides is 5. The summed E-state index contributed by atoms with van der Waals surface area (Å²) in [7, 11) is 1.42. The molecule has 0 spiro atoms. The molecule has 3 aliphatic rings. The summed E-state index contributed by atoms with van der Waals surface area (Å²) in [5.41, 5.74) is 0.704. The molecule has 2 saturated carbocycles. The molecule has 39 heavy (non-hydrogen) atoms. The average Bonchev–Trinajstić information content (AvgIpc) is 3.18. The molecule has 0 amide bonds. The van der Waals surface area contributed by atoms with Crippen LogP contribution in [0, 0.1) is 17.8 Å². The van der Waals surface area contributed by atoms with Gasteiger partial charge in [0.2, 0.25) is 0 Å². The molecule has 0 aromatic heterocycles. The Kier molecular flexibility index (Phi) is 8.09. The third-order valence-electron chi connectivity index (χ3n) is 9.23. The third-order valence-corrected chi connectivity index (χ3v) is 9.23. The Bertz CT molecular complexity index is 1180. The fourth-order valence-electron chi connectivity index (χ4n) is 7.03. The molecule has 3 fully saturated rings. The van der Waals surface area contributed by atoms with E-state index in [9.17, 15) is 26.7 Å². The molecule has 0 radical (unpaired) electrons. The van der Waals surface area contributed by atoms with Crippen LogP contribution in [-0.2, 0) is 9.53 Å². The predicted octanol–water partition coefficient (Wildman–Crippen LogP) is 8.00. The lowest BCUT2D eigenvalue weighted by molar-refractivity contribution is -0.185. The maximum atomic E-state index is 14.5. The molecule has 5 rings (SSSR count). The number of hydrogen-bond acceptors (Lipinski definition) is 4. The van der Waals surface area contributed by atoms with E-state index in [-0.39, 0.29) is 61.0 Å². The smallest absolute Gasteiger partial charge is 0.391 e. The van der Waals surface area contributed by atoms with E-state index in [4.69, 9.17) is 9.47 Å². The molecule has 214 valence electrons. The number of rotatable bonds is 6. The Hall–Kier alpha value is -2.42. The molecule has 4 nitrogen and oxygen atoms in total. The lowest BCUT2D eigenvalue weighted by Crippen LogP contribution is -2.36. The van der Waals surface area contributed by atoms with Crippen molar-refractivity contribution in [2.24, 2.45) is 17.8 Å². The number of benzene rings is 2. The van der Waals surface area contributed by atoms with E-state index in [1.54, 1.807) is 6.07 Å². The van der Waals surface area contributed by atoms with Crippen LogP contribution in [0.15, 0.2) is 30.3 Å². The van der Waals surface area contributed by atoms with Crippen LogP contribution < -0.4 is 4.74 Å². The summed E-state index contributed by atoms with van der Waals surface area (Å²) in [5, 5.41) is 1.07. The van der Waals surface area contributed by atoms with Gasteiger partial charge in [-0.1, -0.05) is 18.2 Å². The van der Waals surface area contributed by atoms with Gasteiger partial charge < -0.3 is 9.47 Å². The number of methoxy groups -OCH3 is 1. The monoisotopic (exact) mass is 553 g/mol. The Balaban J connectivity index is 1.38. The van der Waals surface area contributed by atoms with Gasteiger partial charge in [0.25, 0.3) is 6.43 Å². The van der Waals surface area contributed by atoms with Gasteiger partial charge in [-0.05, 0) is 92.7 Å². The minimum Gasteiger partial charge on any atom is -0.490 e. The van der Waals surface area contributed by atoms with Crippen molar-refractivity contribution in [2.75, 3.05) is 13.7 Å². The molecular formula is C30H36F5NO3. The molecule has 4 unspecified atom stereocenters. The molecule has 9 heteroatoms. The van der Waals surface area contributed by atoms with Gasteiger partial charge in [-0.15, -0.1) is 0 Å². The number of carbonyl (C=O) groups is 1. The SMILES string of the molecule is COC(=O)C1CCC2CC(C1)N(C(C)c1ccc3ccc(O[C@H]4CC[C@@H](C(F)(F)F)CC4)c(C(F)F)c3c1)C2. The van der Waals surface area contributed by atoms with E-state index in [0.29, 0.717) is 16.7 Å². The zero-order valence-corrected chi connectivity index (χ0v) is 22.4. The molecule has 2 bridgehead atoms. The molecule has 1 heterocycles. The van der Waals surface area contributed by atoms with Crippen molar-refractivity contribution in [3.05, 3.63) is 41.5 Å². The standard InChI is InChI=1S/C30H36F5NO3/c1-17(36-16-18-3-4-21(29(37)38-2)14-23(36)13-18)20-6-5-19-7-12-26(27(28(31)32)25(19)15-20)39-24-10-8-22(9-11-24)30(33,34)35/h5-7,12,15,17-18,21-24,28H,3-4,8-11,13-14,16H2,1-2H3/t17?,18?,21?,22-,23?,24+. The predicted molar refractivity (Wildman–Crippen MR) is 138 cm³/mol. The highest BCUT2D eigenvalue weighted by Gasteiger charge is 2.43. The van der Waals surface area contributed by atoms with Crippen LogP contribution in [0.3, 0.4) is 0 Å². The molecule has 1 aliphatic heterocycles. The van der Waals surface area contributed by atoms with Crippen molar-refractivity contribution >= 4 is 16.7 Å². The normalized spacial score (nSPS) is 28.9. The van der Waals surface area contributed by atoms with Gasteiger partial charge in [0.1, 0.15) is 5.75 Å². The fraction of sp³-hybridized carbons (Fsp3) is 0.633. The minimum atomic E-state index is -4.23. The number of ether oxygens (including phenoxy) is 2. The van der Waals surface area contributed by atoms with Crippen molar-refractivity contribution in [1.29, 1.82) is 0 Å². The highest BCUT2D eigenvalue weighted by atomic mass is 19.4. The van der Waals surface area contributed by atoms with Gasteiger partial charge in [0.05, 0.1) is 30.6 Å². The van der Waals surface area contributed by atoms with Crippen LogP contribution in [0.2, 0.25) is 0 Å². The maximum absolute atomic E-state index is 14.5. The minimum absolute atomic E-state index is 0.0338. The van der Waals surface area contributed by atoms with Gasteiger partial charge in [0, 0.05) is 18.6 Å². The lowest BCUT2D eigenvalue weighted by Gasteiger charge is -2.34. The number of halogens is 5. The summed E-state index contributed by atoms with van der Waals surface area (Å²) in [4.78, 5) is 14.6. The molecule has 1 saturated heterocycles. The van der Waals surface area contributed by atoms with Gasteiger partial charge in [0.15, 0.2) is 0 Å². The first kappa shape index (κ1) is 28.1. The summed E-state index contributed by atoms with van der Waals surface area (Å²) in [6, 6.07) is 9.06. The molecule has 4 atom stereocenters. The van der Waals surface area contributed by atoms with Gasteiger partial charge in [-0.2, -0.15) is 13.2 Å². The zero-order valence-electron chi connectivity index (χ0n) is 22.4. The maximum Gasteiger partial charge on any atom is 0.391 e. The van der Waals surface area contributed by atoms with Crippen molar-refractivity contribution < 1.29 is 36.2 Å². The van der Waals surface area contributed by atoms with Crippen molar-refractivity contribution in [1.82, 2.24) is 4.90 Å². The van der Waals surface area contributed by atoms with Crippen LogP contribution in [0.1, 0.15) is 81.9 Å². The summed E-state index contributed by atoms with van der Waals surface area (Å²) in [5.74, 6) is -1.09. The number of likely N-dealkylation sites (tertiary alicyclic amines) is 1. The second kappa shape index (κ2) is 11.2. The number of carbonyl (C=O) groups excluding carboxylic acids is 1. The fourth-order valence-corrected chi connectivity index (χ4v) is 7.03. The van der Waals surface area contributed by atoms with Crippen LogP contribution >= 0.6 is 0 Å². The summed E-state index contributed by atoms with van der Waals surface area (Å²) in [6.45, 7) is 2.98. The average molecular weight is 554 g/mol. The molecule has 2 aromatic rings. The van der Waals surface area contributed by atoms with Gasteiger partial charge in [-0.25, -0.2) is 8.78 Å². The number of hydrogen-bond donors (Lipinski definition) is 0. The van der Waals surface area contributed by atoms with Gasteiger partial charge >= 0.3 is 12.1 Å². The largest absolute Gasteiger partial charge is 0.490 e. The Labute approximate surface area is 225 Å².